The normalized spacial score (nSPS) is 10.9. The zero-order chi connectivity index (χ0) is 16.3. The molecule has 0 fully saturated rings. The monoisotopic (exact) mass is 309 g/mol. The molecule has 0 saturated carbocycles. The van der Waals surface area contributed by atoms with Gasteiger partial charge in [0.2, 0.25) is 0 Å². The maximum Gasteiger partial charge on any atom is 0.132 e. The first-order chi connectivity index (χ1) is 11.3. The average molecular weight is 309 g/mol. The molecule has 0 atom stereocenters. The standard InChI is InChI=1S/C21H27NO/c1-2-21(23)15-9-10-16-22(17-19-11-5-3-6-12-19)18-20-13-7-4-8-14-20/h3-8,11-14H,2,9-10,15-18H2,1H3. The van der Waals surface area contributed by atoms with Crippen LogP contribution >= 0.6 is 0 Å². The molecule has 0 amide bonds. The Balaban J connectivity index is 1.89. The number of unbranched alkanes of at least 4 members (excludes halogenated alkanes) is 1. The Morgan fingerprint density at radius 3 is 1.83 bits per heavy atom. The second-order valence-corrected chi connectivity index (χ2v) is 6.03. The third-order valence-corrected chi connectivity index (χ3v) is 4.07. The number of hydrogen-bond acceptors (Lipinski definition) is 2. The van der Waals surface area contributed by atoms with Crippen LogP contribution in [0.4, 0.5) is 0 Å². The molecule has 0 bridgehead atoms. The van der Waals surface area contributed by atoms with Crippen LogP contribution in [0.15, 0.2) is 60.7 Å². The summed E-state index contributed by atoms with van der Waals surface area (Å²) >= 11 is 0. The van der Waals surface area contributed by atoms with Crippen molar-refractivity contribution in [3.05, 3.63) is 71.8 Å². The molecule has 122 valence electrons. The second-order valence-electron chi connectivity index (χ2n) is 6.03. The highest BCUT2D eigenvalue weighted by atomic mass is 16.1. The summed E-state index contributed by atoms with van der Waals surface area (Å²) in [5.41, 5.74) is 2.68. The van der Waals surface area contributed by atoms with E-state index in [2.05, 4.69) is 65.6 Å². The first kappa shape index (κ1) is 17.4. The summed E-state index contributed by atoms with van der Waals surface area (Å²) in [5, 5.41) is 0. The van der Waals surface area contributed by atoms with Crippen LogP contribution in [0.3, 0.4) is 0 Å². The van der Waals surface area contributed by atoms with E-state index in [0.29, 0.717) is 12.2 Å². The summed E-state index contributed by atoms with van der Waals surface area (Å²) in [6.07, 6.45) is 3.46. The van der Waals surface area contributed by atoms with Crippen LogP contribution in [0.25, 0.3) is 0 Å². The minimum absolute atomic E-state index is 0.377. The third-order valence-electron chi connectivity index (χ3n) is 4.07. The highest BCUT2D eigenvalue weighted by Gasteiger charge is 2.07. The smallest absolute Gasteiger partial charge is 0.132 e. The quantitative estimate of drug-likeness (QED) is 0.585. The van der Waals surface area contributed by atoms with Crippen LogP contribution in [-0.2, 0) is 17.9 Å². The molecule has 0 spiro atoms. The van der Waals surface area contributed by atoms with E-state index >= 15 is 0 Å². The van der Waals surface area contributed by atoms with Gasteiger partial charge in [-0.3, -0.25) is 9.69 Å². The van der Waals surface area contributed by atoms with Crippen molar-refractivity contribution in [2.75, 3.05) is 6.54 Å². The van der Waals surface area contributed by atoms with E-state index in [1.807, 2.05) is 6.92 Å². The minimum atomic E-state index is 0.377. The van der Waals surface area contributed by atoms with Crippen molar-refractivity contribution in [1.82, 2.24) is 4.90 Å². The molecule has 0 heterocycles. The van der Waals surface area contributed by atoms with Crippen LogP contribution in [0.2, 0.25) is 0 Å². The molecule has 2 aromatic carbocycles. The van der Waals surface area contributed by atoms with Crippen molar-refractivity contribution < 1.29 is 4.79 Å². The predicted molar refractivity (Wildman–Crippen MR) is 96.1 cm³/mol. The van der Waals surface area contributed by atoms with Gasteiger partial charge in [-0.05, 0) is 30.5 Å². The molecule has 0 saturated heterocycles. The minimum Gasteiger partial charge on any atom is -0.300 e. The molecule has 2 nitrogen and oxygen atoms in total. The van der Waals surface area contributed by atoms with E-state index in [1.54, 1.807) is 0 Å². The van der Waals surface area contributed by atoms with Crippen molar-refractivity contribution >= 4 is 5.78 Å². The summed E-state index contributed by atoms with van der Waals surface area (Å²) < 4.78 is 0. The fourth-order valence-electron chi connectivity index (χ4n) is 2.73. The molecule has 2 aromatic rings. The maximum absolute atomic E-state index is 11.4. The summed E-state index contributed by atoms with van der Waals surface area (Å²) in [6.45, 7) is 4.88. The molecule has 0 aliphatic carbocycles. The molecule has 0 aliphatic heterocycles. The molecule has 0 aliphatic rings. The SMILES string of the molecule is CCC(=O)CCCCN(Cc1ccccc1)Cc1ccccc1. The van der Waals surface area contributed by atoms with Crippen molar-refractivity contribution in [2.24, 2.45) is 0 Å². The number of carbonyl (C=O) groups excluding carboxylic acids is 1. The van der Waals surface area contributed by atoms with Crippen LogP contribution in [-0.4, -0.2) is 17.2 Å². The van der Waals surface area contributed by atoms with Gasteiger partial charge in [0.05, 0.1) is 0 Å². The summed E-state index contributed by atoms with van der Waals surface area (Å²) in [5.74, 6) is 0.377. The fraction of sp³-hybridized carbons (Fsp3) is 0.381. The summed E-state index contributed by atoms with van der Waals surface area (Å²) in [6, 6.07) is 21.2. The number of Topliss-reactive ketones (excluding diaryl/α,β-unsaturated/α-hetero) is 1. The summed E-state index contributed by atoms with van der Waals surface area (Å²) in [7, 11) is 0. The van der Waals surface area contributed by atoms with E-state index in [0.717, 1.165) is 38.9 Å². The number of carbonyl (C=O) groups is 1. The molecule has 2 heteroatoms. The van der Waals surface area contributed by atoms with Gasteiger partial charge in [0.15, 0.2) is 0 Å². The number of benzene rings is 2. The number of hydrogen-bond donors (Lipinski definition) is 0. The topological polar surface area (TPSA) is 20.3 Å². The molecule has 23 heavy (non-hydrogen) atoms. The van der Waals surface area contributed by atoms with Gasteiger partial charge in [-0.2, -0.15) is 0 Å². The lowest BCUT2D eigenvalue weighted by Crippen LogP contribution is -2.24. The molecule has 0 unspecified atom stereocenters. The lowest BCUT2D eigenvalue weighted by atomic mass is 10.1. The van der Waals surface area contributed by atoms with Crippen LogP contribution in [0.5, 0.6) is 0 Å². The molecule has 0 radical (unpaired) electrons. The molecule has 0 N–H and O–H groups in total. The number of nitrogens with zero attached hydrogens (tertiary/aromatic N) is 1. The second kappa shape index (κ2) is 9.96. The van der Waals surface area contributed by atoms with Gasteiger partial charge in [-0.15, -0.1) is 0 Å². The Morgan fingerprint density at radius 1 is 0.826 bits per heavy atom. The first-order valence-corrected chi connectivity index (χ1v) is 8.60. The summed E-state index contributed by atoms with van der Waals surface area (Å²) in [4.78, 5) is 13.9. The van der Waals surface area contributed by atoms with Crippen LogP contribution in [0, 0.1) is 0 Å². The van der Waals surface area contributed by atoms with Crippen molar-refractivity contribution in [3.63, 3.8) is 0 Å². The van der Waals surface area contributed by atoms with Gasteiger partial charge in [0.1, 0.15) is 5.78 Å². The van der Waals surface area contributed by atoms with E-state index in [-0.39, 0.29) is 0 Å². The maximum atomic E-state index is 11.4. The van der Waals surface area contributed by atoms with Crippen LogP contribution in [0.1, 0.15) is 43.7 Å². The highest BCUT2D eigenvalue weighted by molar-refractivity contribution is 5.77. The van der Waals surface area contributed by atoms with E-state index in [1.165, 1.54) is 11.1 Å². The van der Waals surface area contributed by atoms with E-state index in [9.17, 15) is 4.79 Å². The molecular formula is C21H27NO. The Labute approximate surface area is 140 Å². The highest BCUT2D eigenvalue weighted by Crippen LogP contribution is 2.12. The molecule has 2 rings (SSSR count). The zero-order valence-corrected chi connectivity index (χ0v) is 14.1. The largest absolute Gasteiger partial charge is 0.300 e. The van der Waals surface area contributed by atoms with Crippen LogP contribution < -0.4 is 0 Å². The van der Waals surface area contributed by atoms with Gasteiger partial charge in [0.25, 0.3) is 0 Å². The van der Waals surface area contributed by atoms with E-state index in [4.69, 9.17) is 0 Å². The Hall–Kier alpha value is -1.93. The lowest BCUT2D eigenvalue weighted by Gasteiger charge is -2.22. The molecular weight excluding hydrogens is 282 g/mol. The van der Waals surface area contributed by atoms with Gasteiger partial charge >= 0.3 is 0 Å². The zero-order valence-electron chi connectivity index (χ0n) is 14.1. The lowest BCUT2D eigenvalue weighted by molar-refractivity contribution is -0.118. The van der Waals surface area contributed by atoms with Gasteiger partial charge < -0.3 is 0 Å². The van der Waals surface area contributed by atoms with E-state index < -0.39 is 0 Å². The Bertz CT molecular complexity index is 523. The molecule has 0 aromatic heterocycles. The predicted octanol–water partition coefficient (Wildman–Crippen LogP) is 4.84. The van der Waals surface area contributed by atoms with Crippen molar-refractivity contribution in [2.45, 2.75) is 45.7 Å². The average Bonchev–Trinajstić information content (AvgIpc) is 2.60. The Kier molecular flexibility index (Phi) is 7.55. The third kappa shape index (κ3) is 6.79. The van der Waals surface area contributed by atoms with Gasteiger partial charge in [0, 0.05) is 25.9 Å². The number of rotatable bonds is 10. The van der Waals surface area contributed by atoms with Crippen molar-refractivity contribution in [3.8, 4) is 0 Å². The number of ketones is 1. The van der Waals surface area contributed by atoms with Gasteiger partial charge in [-0.25, -0.2) is 0 Å². The fourth-order valence-corrected chi connectivity index (χ4v) is 2.73. The van der Waals surface area contributed by atoms with Crippen molar-refractivity contribution in [1.29, 1.82) is 0 Å². The Morgan fingerprint density at radius 2 is 1.35 bits per heavy atom. The van der Waals surface area contributed by atoms with Gasteiger partial charge in [-0.1, -0.05) is 67.6 Å². The first-order valence-electron chi connectivity index (χ1n) is 8.60.